The zero-order chi connectivity index (χ0) is 14.4. The van der Waals surface area contributed by atoms with Crippen LogP contribution in [-0.4, -0.2) is 12.5 Å². The molecule has 0 atom stereocenters. The van der Waals surface area contributed by atoms with E-state index in [4.69, 9.17) is 0 Å². The van der Waals surface area contributed by atoms with Gasteiger partial charge in [0.2, 0.25) is 5.91 Å². The molecular formula is C15H19F2NO2. The third-order valence-electron chi connectivity index (χ3n) is 3.62. The van der Waals surface area contributed by atoms with E-state index in [1.54, 1.807) is 12.1 Å². The largest absolute Gasteiger partial charge is 0.435 e. The zero-order valence-electron chi connectivity index (χ0n) is 11.3. The van der Waals surface area contributed by atoms with Crippen LogP contribution in [0, 0.1) is 5.92 Å². The van der Waals surface area contributed by atoms with Crippen molar-refractivity contribution in [2.24, 2.45) is 5.92 Å². The number of anilines is 1. The molecule has 0 aliphatic heterocycles. The van der Waals surface area contributed by atoms with Gasteiger partial charge in [-0.15, -0.1) is 0 Å². The van der Waals surface area contributed by atoms with Crippen LogP contribution in [0.3, 0.4) is 0 Å². The molecule has 0 bridgehead atoms. The number of hydrogen-bond acceptors (Lipinski definition) is 2. The molecule has 0 aromatic heterocycles. The van der Waals surface area contributed by atoms with Crippen molar-refractivity contribution in [2.75, 3.05) is 5.32 Å². The van der Waals surface area contributed by atoms with E-state index in [1.165, 1.54) is 37.8 Å². The van der Waals surface area contributed by atoms with Crippen LogP contribution in [0.25, 0.3) is 0 Å². The van der Waals surface area contributed by atoms with Gasteiger partial charge in [0.05, 0.1) is 0 Å². The van der Waals surface area contributed by atoms with Gasteiger partial charge in [0.25, 0.3) is 0 Å². The third-order valence-corrected chi connectivity index (χ3v) is 3.62. The van der Waals surface area contributed by atoms with Crippen LogP contribution in [-0.2, 0) is 4.79 Å². The number of hydrogen-bond donors (Lipinski definition) is 1. The molecule has 1 aliphatic carbocycles. The molecule has 0 unspecified atom stereocenters. The van der Waals surface area contributed by atoms with E-state index in [0.717, 1.165) is 6.42 Å². The number of ether oxygens (including phenoxy) is 1. The lowest BCUT2D eigenvalue weighted by atomic mass is 10.0. The van der Waals surface area contributed by atoms with Gasteiger partial charge in [0.15, 0.2) is 0 Å². The van der Waals surface area contributed by atoms with Crippen LogP contribution < -0.4 is 10.1 Å². The summed E-state index contributed by atoms with van der Waals surface area (Å²) < 4.78 is 28.2. The third kappa shape index (κ3) is 4.79. The zero-order valence-corrected chi connectivity index (χ0v) is 11.3. The Morgan fingerprint density at radius 3 is 2.50 bits per heavy atom. The van der Waals surface area contributed by atoms with Gasteiger partial charge in [0, 0.05) is 12.1 Å². The van der Waals surface area contributed by atoms with Crippen LogP contribution in [0.5, 0.6) is 5.75 Å². The van der Waals surface area contributed by atoms with Crippen LogP contribution in [0.4, 0.5) is 14.5 Å². The molecule has 0 radical (unpaired) electrons. The fourth-order valence-electron chi connectivity index (χ4n) is 2.58. The first kappa shape index (κ1) is 14.8. The van der Waals surface area contributed by atoms with E-state index in [1.807, 2.05) is 0 Å². The van der Waals surface area contributed by atoms with Gasteiger partial charge >= 0.3 is 6.61 Å². The first-order valence-corrected chi connectivity index (χ1v) is 6.98. The molecule has 20 heavy (non-hydrogen) atoms. The molecule has 1 amide bonds. The Kier molecular flexibility index (Phi) is 5.32. The van der Waals surface area contributed by atoms with E-state index in [2.05, 4.69) is 10.1 Å². The summed E-state index contributed by atoms with van der Waals surface area (Å²) in [5.41, 5.74) is 0.600. The standard InChI is InChI=1S/C15H19F2NO2/c16-15(17)20-13-8-6-12(7-9-13)18-14(19)10-5-11-3-1-2-4-11/h6-9,11,15H,1-5,10H2,(H,18,19). The lowest BCUT2D eigenvalue weighted by Crippen LogP contribution is -2.12. The van der Waals surface area contributed by atoms with Gasteiger partial charge in [-0.25, -0.2) is 0 Å². The Hall–Kier alpha value is -1.65. The van der Waals surface area contributed by atoms with Crippen molar-refractivity contribution in [1.29, 1.82) is 0 Å². The molecule has 3 nitrogen and oxygen atoms in total. The molecule has 1 saturated carbocycles. The summed E-state index contributed by atoms with van der Waals surface area (Å²) in [5.74, 6) is 0.742. The Morgan fingerprint density at radius 1 is 1.25 bits per heavy atom. The molecule has 110 valence electrons. The van der Waals surface area contributed by atoms with Gasteiger partial charge in [-0.05, 0) is 36.6 Å². The predicted molar refractivity (Wildman–Crippen MR) is 72.9 cm³/mol. The van der Waals surface area contributed by atoms with E-state index >= 15 is 0 Å². The Bertz CT molecular complexity index is 428. The summed E-state index contributed by atoms with van der Waals surface area (Å²) in [6, 6.07) is 5.95. The Morgan fingerprint density at radius 2 is 1.90 bits per heavy atom. The van der Waals surface area contributed by atoms with Gasteiger partial charge < -0.3 is 10.1 Å². The fourth-order valence-corrected chi connectivity index (χ4v) is 2.58. The van der Waals surface area contributed by atoms with E-state index in [0.29, 0.717) is 18.0 Å². The van der Waals surface area contributed by atoms with Crippen LogP contribution >= 0.6 is 0 Å². The van der Waals surface area contributed by atoms with Crippen molar-refractivity contribution < 1.29 is 18.3 Å². The van der Waals surface area contributed by atoms with Crippen molar-refractivity contribution in [1.82, 2.24) is 0 Å². The molecule has 1 fully saturated rings. The molecule has 0 spiro atoms. The summed E-state index contributed by atoms with van der Waals surface area (Å²) in [5, 5.41) is 2.76. The second-order valence-corrected chi connectivity index (χ2v) is 5.14. The molecular weight excluding hydrogens is 264 g/mol. The molecule has 1 aromatic rings. The van der Waals surface area contributed by atoms with E-state index in [9.17, 15) is 13.6 Å². The second-order valence-electron chi connectivity index (χ2n) is 5.14. The average Bonchev–Trinajstić information content (AvgIpc) is 2.91. The summed E-state index contributed by atoms with van der Waals surface area (Å²) in [7, 11) is 0. The monoisotopic (exact) mass is 283 g/mol. The molecule has 1 aromatic carbocycles. The number of halogens is 2. The van der Waals surface area contributed by atoms with Crippen molar-refractivity contribution in [3.05, 3.63) is 24.3 Å². The fraction of sp³-hybridized carbons (Fsp3) is 0.533. The number of rotatable bonds is 6. The summed E-state index contributed by atoms with van der Waals surface area (Å²) in [6.07, 6.45) is 6.45. The smallest absolute Gasteiger partial charge is 0.387 e. The Balaban J connectivity index is 1.75. The molecule has 1 N–H and O–H groups in total. The number of benzene rings is 1. The lowest BCUT2D eigenvalue weighted by molar-refractivity contribution is -0.116. The maximum Gasteiger partial charge on any atom is 0.387 e. The molecule has 5 heteroatoms. The minimum atomic E-state index is -2.83. The highest BCUT2D eigenvalue weighted by atomic mass is 19.3. The minimum Gasteiger partial charge on any atom is -0.435 e. The first-order valence-electron chi connectivity index (χ1n) is 6.98. The van der Waals surface area contributed by atoms with E-state index < -0.39 is 6.61 Å². The summed E-state index contributed by atoms with van der Waals surface area (Å²) in [4.78, 5) is 11.8. The molecule has 0 heterocycles. The van der Waals surface area contributed by atoms with Gasteiger partial charge in [-0.3, -0.25) is 4.79 Å². The van der Waals surface area contributed by atoms with Crippen LogP contribution in [0.2, 0.25) is 0 Å². The highest BCUT2D eigenvalue weighted by molar-refractivity contribution is 5.90. The second kappa shape index (κ2) is 7.22. The Labute approximate surface area is 117 Å². The van der Waals surface area contributed by atoms with Crippen molar-refractivity contribution in [3.63, 3.8) is 0 Å². The maximum absolute atomic E-state index is 12.0. The summed E-state index contributed by atoms with van der Waals surface area (Å²) in [6.45, 7) is -2.83. The number of carbonyl (C=O) groups is 1. The topological polar surface area (TPSA) is 38.3 Å². The quantitative estimate of drug-likeness (QED) is 0.849. The van der Waals surface area contributed by atoms with E-state index in [-0.39, 0.29) is 11.7 Å². The van der Waals surface area contributed by atoms with Crippen molar-refractivity contribution >= 4 is 11.6 Å². The number of carbonyl (C=O) groups excluding carboxylic acids is 1. The minimum absolute atomic E-state index is 0.0283. The highest BCUT2D eigenvalue weighted by Crippen LogP contribution is 2.28. The van der Waals surface area contributed by atoms with Crippen LogP contribution in [0.15, 0.2) is 24.3 Å². The number of alkyl halides is 2. The molecule has 0 saturated heterocycles. The van der Waals surface area contributed by atoms with Crippen molar-refractivity contribution in [3.8, 4) is 5.75 Å². The first-order chi connectivity index (χ1) is 9.63. The van der Waals surface area contributed by atoms with Gasteiger partial charge in [-0.2, -0.15) is 8.78 Å². The van der Waals surface area contributed by atoms with Crippen molar-refractivity contribution in [2.45, 2.75) is 45.1 Å². The number of amides is 1. The van der Waals surface area contributed by atoms with Gasteiger partial charge in [0.1, 0.15) is 5.75 Å². The SMILES string of the molecule is O=C(CCC1CCCC1)Nc1ccc(OC(F)F)cc1. The predicted octanol–water partition coefficient (Wildman–Crippen LogP) is 4.20. The maximum atomic E-state index is 12.0. The number of nitrogens with one attached hydrogen (secondary N) is 1. The highest BCUT2D eigenvalue weighted by Gasteiger charge is 2.16. The van der Waals surface area contributed by atoms with Gasteiger partial charge in [-0.1, -0.05) is 25.7 Å². The summed E-state index contributed by atoms with van der Waals surface area (Å²) >= 11 is 0. The van der Waals surface area contributed by atoms with Crippen LogP contribution in [0.1, 0.15) is 38.5 Å². The normalized spacial score (nSPS) is 15.6. The molecule has 2 rings (SSSR count). The molecule has 1 aliphatic rings. The lowest BCUT2D eigenvalue weighted by Gasteiger charge is -2.10. The average molecular weight is 283 g/mol.